The van der Waals surface area contributed by atoms with E-state index in [2.05, 4.69) is 10.4 Å². The molecule has 0 aliphatic heterocycles. The fourth-order valence-electron chi connectivity index (χ4n) is 1.78. The van der Waals surface area contributed by atoms with Crippen LogP contribution in [0.1, 0.15) is 10.4 Å². The Bertz CT molecular complexity index is 646. The zero-order chi connectivity index (χ0) is 15.4. The Morgan fingerprint density at radius 3 is 2.57 bits per heavy atom. The van der Waals surface area contributed by atoms with Crippen molar-refractivity contribution in [1.82, 2.24) is 4.98 Å². The number of methoxy groups -OCH3 is 1. The maximum absolute atomic E-state index is 12.4. The molecule has 0 atom stereocenters. The highest BCUT2D eigenvalue weighted by molar-refractivity contribution is 6.33. The van der Waals surface area contributed by atoms with Gasteiger partial charge in [0.15, 0.2) is 5.82 Å². The summed E-state index contributed by atoms with van der Waals surface area (Å²) in [5, 5.41) is 0.284. The van der Waals surface area contributed by atoms with Crippen LogP contribution in [0.15, 0.2) is 36.5 Å². The van der Waals surface area contributed by atoms with Crippen LogP contribution in [-0.2, 0) is 0 Å². The normalized spacial score (nSPS) is 10.1. The van der Waals surface area contributed by atoms with Gasteiger partial charge in [-0.05, 0) is 30.3 Å². The van der Waals surface area contributed by atoms with E-state index in [-0.39, 0.29) is 10.9 Å². The molecule has 1 aromatic heterocycles. The van der Waals surface area contributed by atoms with Crippen molar-refractivity contribution in [3.63, 3.8) is 0 Å². The summed E-state index contributed by atoms with van der Waals surface area (Å²) in [5.41, 5.74) is 3.46. The molecule has 0 spiro atoms. The Labute approximate surface area is 127 Å². The van der Waals surface area contributed by atoms with Gasteiger partial charge in [0, 0.05) is 18.9 Å². The number of anilines is 2. The van der Waals surface area contributed by atoms with E-state index in [9.17, 15) is 4.79 Å². The van der Waals surface area contributed by atoms with Gasteiger partial charge in [0.2, 0.25) is 0 Å². The zero-order valence-electron chi connectivity index (χ0n) is 11.6. The number of rotatable bonds is 4. The molecule has 0 fully saturated rings. The van der Waals surface area contributed by atoms with Crippen molar-refractivity contribution in [1.29, 1.82) is 0 Å². The number of hydrogen-bond acceptors (Lipinski definition) is 5. The number of hydrogen-bond donors (Lipinski definition) is 2. The summed E-state index contributed by atoms with van der Waals surface area (Å²) < 4.78 is 5.09. The molecule has 0 unspecified atom stereocenters. The number of benzene rings is 1. The van der Waals surface area contributed by atoms with E-state index in [1.807, 2.05) is 0 Å². The minimum Gasteiger partial charge on any atom is -0.497 e. The molecule has 0 saturated heterocycles. The molecule has 7 heteroatoms. The third-order valence-electron chi connectivity index (χ3n) is 2.99. The van der Waals surface area contributed by atoms with Crippen LogP contribution in [0.2, 0.25) is 5.02 Å². The molecule has 21 heavy (non-hydrogen) atoms. The lowest BCUT2D eigenvalue weighted by Crippen LogP contribution is -2.26. The van der Waals surface area contributed by atoms with Gasteiger partial charge in [-0.1, -0.05) is 11.6 Å². The molecule has 1 heterocycles. The topological polar surface area (TPSA) is 80.5 Å². The van der Waals surface area contributed by atoms with Crippen molar-refractivity contribution in [2.24, 2.45) is 5.84 Å². The first kappa shape index (κ1) is 15.1. The first-order chi connectivity index (χ1) is 10.1. The molecule has 110 valence electrons. The molecule has 0 aliphatic rings. The Morgan fingerprint density at radius 2 is 2.05 bits per heavy atom. The monoisotopic (exact) mass is 306 g/mol. The summed E-state index contributed by atoms with van der Waals surface area (Å²) in [6.45, 7) is 0. The second-order valence-electron chi connectivity index (χ2n) is 4.26. The molecule has 2 aromatic rings. The molecule has 1 aromatic carbocycles. The number of carbonyl (C=O) groups excluding carboxylic acids is 1. The molecular formula is C14H15ClN4O2. The van der Waals surface area contributed by atoms with Crippen molar-refractivity contribution in [3.8, 4) is 5.75 Å². The van der Waals surface area contributed by atoms with Crippen molar-refractivity contribution in [3.05, 3.63) is 47.1 Å². The first-order valence-electron chi connectivity index (χ1n) is 6.11. The van der Waals surface area contributed by atoms with Gasteiger partial charge in [0.05, 0.1) is 17.7 Å². The van der Waals surface area contributed by atoms with Crippen molar-refractivity contribution in [2.75, 3.05) is 24.5 Å². The highest BCUT2D eigenvalue weighted by Gasteiger charge is 2.15. The summed E-state index contributed by atoms with van der Waals surface area (Å²) >= 11 is 5.97. The highest BCUT2D eigenvalue weighted by atomic mass is 35.5. The fourth-order valence-corrected chi connectivity index (χ4v) is 2.00. The SMILES string of the molecule is COc1ccc(N(C)C(=O)c2cnc(NN)c(Cl)c2)cc1. The maximum Gasteiger partial charge on any atom is 0.259 e. The third kappa shape index (κ3) is 3.24. The number of nitrogens with two attached hydrogens (primary N) is 1. The van der Waals surface area contributed by atoms with Crippen LogP contribution in [0, 0.1) is 0 Å². The molecule has 0 saturated carbocycles. The van der Waals surface area contributed by atoms with Crippen LogP contribution < -0.4 is 20.9 Å². The first-order valence-corrected chi connectivity index (χ1v) is 6.49. The van der Waals surface area contributed by atoms with E-state index in [1.54, 1.807) is 38.4 Å². The quantitative estimate of drug-likeness (QED) is 0.669. The number of amides is 1. The molecule has 6 nitrogen and oxygen atoms in total. The minimum atomic E-state index is -0.224. The summed E-state index contributed by atoms with van der Waals surface area (Å²) in [6.07, 6.45) is 1.42. The molecule has 2 rings (SSSR count). The average molecular weight is 307 g/mol. The largest absolute Gasteiger partial charge is 0.497 e. The second kappa shape index (κ2) is 6.43. The fraction of sp³-hybridized carbons (Fsp3) is 0.143. The predicted molar refractivity (Wildman–Crippen MR) is 82.8 cm³/mol. The summed E-state index contributed by atoms with van der Waals surface area (Å²) in [6, 6.07) is 8.67. The lowest BCUT2D eigenvalue weighted by atomic mass is 10.2. The lowest BCUT2D eigenvalue weighted by Gasteiger charge is -2.18. The Balaban J connectivity index is 2.23. The van der Waals surface area contributed by atoms with Crippen LogP contribution >= 0.6 is 11.6 Å². The molecule has 1 amide bonds. The van der Waals surface area contributed by atoms with E-state index < -0.39 is 0 Å². The van der Waals surface area contributed by atoms with Gasteiger partial charge in [0.25, 0.3) is 5.91 Å². The van der Waals surface area contributed by atoms with E-state index >= 15 is 0 Å². The minimum absolute atomic E-state index is 0.224. The molecule has 0 bridgehead atoms. The van der Waals surface area contributed by atoms with Crippen molar-refractivity contribution >= 4 is 29.0 Å². The molecule has 0 radical (unpaired) electrons. The van der Waals surface area contributed by atoms with Gasteiger partial charge in [-0.2, -0.15) is 0 Å². The molecule has 0 aliphatic carbocycles. The molecule has 3 N–H and O–H groups in total. The van der Waals surface area contributed by atoms with E-state index in [4.69, 9.17) is 22.2 Å². The smallest absolute Gasteiger partial charge is 0.259 e. The van der Waals surface area contributed by atoms with Crippen LogP contribution in [0.5, 0.6) is 5.75 Å². The van der Waals surface area contributed by atoms with Gasteiger partial charge in [-0.3, -0.25) is 4.79 Å². The Hall–Kier alpha value is -2.31. The van der Waals surface area contributed by atoms with Crippen LogP contribution in [0.4, 0.5) is 11.5 Å². The number of ether oxygens (including phenoxy) is 1. The summed E-state index contributed by atoms with van der Waals surface area (Å²) in [4.78, 5) is 17.9. The number of hydrazine groups is 1. The van der Waals surface area contributed by atoms with Gasteiger partial charge >= 0.3 is 0 Å². The summed E-state index contributed by atoms with van der Waals surface area (Å²) in [5.74, 6) is 6.07. The lowest BCUT2D eigenvalue weighted by molar-refractivity contribution is 0.0992. The predicted octanol–water partition coefficient (Wildman–Crippen LogP) is 2.31. The van der Waals surface area contributed by atoms with Crippen LogP contribution in [0.25, 0.3) is 0 Å². The number of nitrogens with one attached hydrogen (secondary N) is 1. The maximum atomic E-state index is 12.4. The van der Waals surface area contributed by atoms with Crippen LogP contribution in [0.3, 0.4) is 0 Å². The number of halogens is 1. The number of pyridine rings is 1. The van der Waals surface area contributed by atoms with Gasteiger partial charge in [-0.15, -0.1) is 0 Å². The van der Waals surface area contributed by atoms with E-state index in [0.29, 0.717) is 11.4 Å². The molecular weight excluding hydrogens is 292 g/mol. The van der Waals surface area contributed by atoms with E-state index in [1.165, 1.54) is 17.2 Å². The number of carbonyl (C=O) groups is 1. The Kier molecular flexibility index (Phi) is 4.62. The standard InChI is InChI=1S/C14H15ClN4O2/c1-19(10-3-5-11(21-2)6-4-10)14(20)9-7-12(15)13(18-16)17-8-9/h3-8H,16H2,1-2H3,(H,17,18). The highest BCUT2D eigenvalue weighted by Crippen LogP contribution is 2.23. The Morgan fingerprint density at radius 1 is 1.38 bits per heavy atom. The number of nitrogen functional groups attached to an aromatic ring is 1. The van der Waals surface area contributed by atoms with Crippen molar-refractivity contribution in [2.45, 2.75) is 0 Å². The number of nitrogens with zero attached hydrogens (tertiary/aromatic N) is 2. The second-order valence-corrected chi connectivity index (χ2v) is 4.67. The van der Waals surface area contributed by atoms with Gasteiger partial charge < -0.3 is 15.1 Å². The van der Waals surface area contributed by atoms with Crippen molar-refractivity contribution < 1.29 is 9.53 Å². The van der Waals surface area contributed by atoms with Gasteiger partial charge in [0.1, 0.15) is 5.75 Å². The van der Waals surface area contributed by atoms with Crippen LogP contribution in [-0.4, -0.2) is 25.0 Å². The van der Waals surface area contributed by atoms with E-state index in [0.717, 1.165) is 11.4 Å². The third-order valence-corrected chi connectivity index (χ3v) is 3.28. The average Bonchev–Trinajstić information content (AvgIpc) is 2.53. The number of aromatic nitrogens is 1. The zero-order valence-corrected chi connectivity index (χ0v) is 12.4. The summed E-state index contributed by atoms with van der Waals surface area (Å²) in [7, 11) is 3.26. The van der Waals surface area contributed by atoms with Gasteiger partial charge in [-0.25, -0.2) is 10.8 Å².